The summed E-state index contributed by atoms with van der Waals surface area (Å²) in [5.41, 5.74) is 8.32. The zero-order chi connectivity index (χ0) is 13.0. The highest BCUT2D eigenvalue weighted by Gasteiger charge is 2.16. The van der Waals surface area contributed by atoms with Crippen LogP contribution >= 0.6 is 12.4 Å². The average molecular weight is 274 g/mol. The number of nitrogens with one attached hydrogen (secondary N) is 1. The number of carbonyl (C=O) groups excluding carboxylic acids is 1. The van der Waals surface area contributed by atoms with Crippen LogP contribution in [0.1, 0.15) is 48.1 Å². The Hall–Kier alpha value is -1.000. The lowest BCUT2D eigenvalue weighted by Crippen LogP contribution is -2.26. The van der Waals surface area contributed by atoms with Crippen molar-refractivity contribution in [1.82, 2.24) is 9.88 Å². The summed E-state index contributed by atoms with van der Waals surface area (Å²) >= 11 is 0. The molecule has 0 aliphatic heterocycles. The van der Waals surface area contributed by atoms with E-state index in [4.69, 9.17) is 5.73 Å². The van der Waals surface area contributed by atoms with Crippen molar-refractivity contribution in [2.75, 3.05) is 13.1 Å². The Morgan fingerprint density at radius 2 is 2.06 bits per heavy atom. The van der Waals surface area contributed by atoms with Gasteiger partial charge in [0.25, 0.3) is 5.91 Å². The van der Waals surface area contributed by atoms with Gasteiger partial charge in [0.1, 0.15) is 0 Å². The summed E-state index contributed by atoms with van der Waals surface area (Å²) in [6, 6.07) is 2.33. The van der Waals surface area contributed by atoms with E-state index in [1.165, 1.54) is 0 Å². The highest BCUT2D eigenvalue weighted by Crippen LogP contribution is 2.19. The van der Waals surface area contributed by atoms with Crippen molar-refractivity contribution in [3.05, 3.63) is 23.0 Å². The van der Waals surface area contributed by atoms with Crippen molar-refractivity contribution in [2.45, 2.75) is 40.2 Å². The molecule has 5 heteroatoms. The minimum absolute atomic E-state index is 0. The molecule has 1 amide bonds. The Balaban J connectivity index is 0.00000289. The van der Waals surface area contributed by atoms with Crippen molar-refractivity contribution in [3.63, 3.8) is 0 Å². The van der Waals surface area contributed by atoms with E-state index in [1.54, 1.807) is 0 Å². The van der Waals surface area contributed by atoms with Crippen LogP contribution in [0.15, 0.2) is 6.07 Å². The van der Waals surface area contributed by atoms with Crippen molar-refractivity contribution in [3.8, 4) is 0 Å². The molecular weight excluding hydrogens is 250 g/mol. The zero-order valence-electron chi connectivity index (χ0n) is 11.6. The van der Waals surface area contributed by atoms with Crippen LogP contribution in [0.4, 0.5) is 0 Å². The standard InChI is InChI=1S/C13H23N3O.ClH/c1-9(2)16-10(3)8-12(11(16)4)13(17)15-7-5-6-14;/h8-9H,5-7,14H2,1-4H3,(H,15,17);1H. The lowest BCUT2D eigenvalue weighted by Gasteiger charge is -2.13. The molecular formula is C13H24ClN3O. The molecule has 0 aliphatic carbocycles. The summed E-state index contributed by atoms with van der Waals surface area (Å²) in [4.78, 5) is 12.0. The normalized spacial score (nSPS) is 10.3. The Morgan fingerprint density at radius 1 is 1.44 bits per heavy atom. The Labute approximate surface area is 115 Å². The number of hydrogen-bond acceptors (Lipinski definition) is 2. The predicted molar refractivity (Wildman–Crippen MR) is 77.5 cm³/mol. The van der Waals surface area contributed by atoms with E-state index in [9.17, 15) is 4.79 Å². The van der Waals surface area contributed by atoms with Gasteiger partial charge in [0.15, 0.2) is 0 Å². The first-order valence-corrected chi connectivity index (χ1v) is 6.15. The van der Waals surface area contributed by atoms with Gasteiger partial charge >= 0.3 is 0 Å². The monoisotopic (exact) mass is 273 g/mol. The van der Waals surface area contributed by atoms with Crippen molar-refractivity contribution in [1.29, 1.82) is 0 Å². The topological polar surface area (TPSA) is 60.1 Å². The largest absolute Gasteiger partial charge is 0.352 e. The van der Waals surface area contributed by atoms with E-state index in [2.05, 4.69) is 23.7 Å². The van der Waals surface area contributed by atoms with Crippen LogP contribution < -0.4 is 11.1 Å². The molecule has 1 aromatic rings. The maximum absolute atomic E-state index is 12.0. The van der Waals surface area contributed by atoms with Gasteiger partial charge in [-0.25, -0.2) is 0 Å². The van der Waals surface area contributed by atoms with Gasteiger partial charge in [0, 0.05) is 24.0 Å². The van der Waals surface area contributed by atoms with Crippen LogP contribution in [0, 0.1) is 13.8 Å². The quantitative estimate of drug-likeness (QED) is 0.808. The van der Waals surface area contributed by atoms with E-state index in [0.717, 1.165) is 23.4 Å². The molecule has 0 aromatic carbocycles. The first-order valence-electron chi connectivity index (χ1n) is 6.15. The SMILES string of the molecule is Cc1cc(C(=O)NCCCN)c(C)n1C(C)C.Cl. The summed E-state index contributed by atoms with van der Waals surface area (Å²) in [5, 5.41) is 2.89. The minimum atomic E-state index is -0.00144. The number of hydrogen-bond donors (Lipinski definition) is 2. The fourth-order valence-corrected chi connectivity index (χ4v) is 2.20. The molecule has 0 radical (unpaired) electrons. The molecule has 4 nitrogen and oxygen atoms in total. The lowest BCUT2D eigenvalue weighted by molar-refractivity contribution is 0.0952. The third kappa shape index (κ3) is 3.75. The van der Waals surface area contributed by atoms with Gasteiger partial charge < -0.3 is 15.6 Å². The fourth-order valence-electron chi connectivity index (χ4n) is 2.20. The second-order valence-electron chi connectivity index (χ2n) is 4.65. The summed E-state index contributed by atoms with van der Waals surface area (Å²) in [6.45, 7) is 9.51. The highest BCUT2D eigenvalue weighted by molar-refractivity contribution is 5.95. The first-order chi connectivity index (χ1) is 7.99. The third-order valence-corrected chi connectivity index (χ3v) is 2.91. The minimum Gasteiger partial charge on any atom is -0.352 e. The molecule has 0 aliphatic rings. The van der Waals surface area contributed by atoms with E-state index < -0.39 is 0 Å². The second kappa shape index (κ2) is 7.44. The van der Waals surface area contributed by atoms with Crippen molar-refractivity contribution >= 4 is 18.3 Å². The molecule has 1 aromatic heterocycles. The molecule has 0 bridgehead atoms. The maximum Gasteiger partial charge on any atom is 0.253 e. The number of amides is 1. The fraction of sp³-hybridized carbons (Fsp3) is 0.615. The van der Waals surface area contributed by atoms with E-state index in [0.29, 0.717) is 19.1 Å². The average Bonchev–Trinajstić information content (AvgIpc) is 2.54. The summed E-state index contributed by atoms with van der Waals surface area (Å²) in [6.07, 6.45) is 0.814. The molecule has 18 heavy (non-hydrogen) atoms. The molecule has 0 saturated heterocycles. The molecule has 1 rings (SSSR count). The molecule has 0 fully saturated rings. The highest BCUT2D eigenvalue weighted by atomic mass is 35.5. The van der Waals surface area contributed by atoms with Crippen molar-refractivity contribution in [2.24, 2.45) is 5.73 Å². The van der Waals surface area contributed by atoms with Crippen LogP contribution in [-0.4, -0.2) is 23.6 Å². The van der Waals surface area contributed by atoms with Crippen LogP contribution in [0.25, 0.3) is 0 Å². The zero-order valence-corrected chi connectivity index (χ0v) is 12.4. The van der Waals surface area contributed by atoms with Gasteiger partial charge in [0.05, 0.1) is 5.56 Å². The van der Waals surface area contributed by atoms with E-state index >= 15 is 0 Å². The molecule has 0 unspecified atom stereocenters. The van der Waals surface area contributed by atoms with Crippen LogP contribution in [0.2, 0.25) is 0 Å². The van der Waals surface area contributed by atoms with Crippen LogP contribution in [-0.2, 0) is 0 Å². The van der Waals surface area contributed by atoms with Crippen molar-refractivity contribution < 1.29 is 4.79 Å². The number of halogens is 1. The number of aromatic nitrogens is 1. The van der Waals surface area contributed by atoms with Gasteiger partial charge in [-0.2, -0.15) is 0 Å². The molecule has 3 N–H and O–H groups in total. The number of nitrogens with zero attached hydrogens (tertiary/aromatic N) is 1. The smallest absolute Gasteiger partial charge is 0.253 e. The summed E-state index contributed by atoms with van der Waals surface area (Å²) < 4.78 is 2.18. The maximum atomic E-state index is 12.0. The Kier molecular flexibility index (Phi) is 7.02. The Bertz CT molecular complexity index is 399. The van der Waals surface area contributed by atoms with Gasteiger partial charge in [0.2, 0.25) is 0 Å². The van der Waals surface area contributed by atoms with E-state index in [-0.39, 0.29) is 18.3 Å². The number of rotatable bonds is 5. The number of aryl methyl sites for hydroxylation is 1. The summed E-state index contributed by atoms with van der Waals surface area (Å²) in [7, 11) is 0. The molecule has 0 saturated carbocycles. The second-order valence-corrected chi connectivity index (χ2v) is 4.65. The van der Waals surface area contributed by atoms with Crippen LogP contribution in [0.5, 0.6) is 0 Å². The third-order valence-electron chi connectivity index (χ3n) is 2.91. The van der Waals surface area contributed by atoms with Gasteiger partial charge in [-0.15, -0.1) is 12.4 Å². The molecule has 104 valence electrons. The van der Waals surface area contributed by atoms with Gasteiger partial charge in [-0.05, 0) is 46.7 Å². The lowest BCUT2D eigenvalue weighted by atomic mass is 10.2. The number of nitrogens with two attached hydrogens (primary N) is 1. The van der Waals surface area contributed by atoms with Gasteiger partial charge in [-0.3, -0.25) is 4.79 Å². The number of carbonyl (C=O) groups is 1. The molecule has 1 heterocycles. The van der Waals surface area contributed by atoms with E-state index in [1.807, 2.05) is 19.9 Å². The summed E-state index contributed by atoms with van der Waals surface area (Å²) in [5.74, 6) is -0.00144. The first kappa shape index (κ1) is 17.0. The molecule has 0 atom stereocenters. The van der Waals surface area contributed by atoms with Crippen LogP contribution in [0.3, 0.4) is 0 Å². The molecule has 0 spiro atoms. The van der Waals surface area contributed by atoms with Gasteiger partial charge in [-0.1, -0.05) is 0 Å². The Morgan fingerprint density at radius 3 is 2.50 bits per heavy atom. The predicted octanol–water partition coefficient (Wildman–Crippen LogP) is 2.19.